The van der Waals surface area contributed by atoms with Crippen LogP contribution < -0.4 is 32.3 Å². The van der Waals surface area contributed by atoms with Crippen LogP contribution in [-0.2, 0) is 13.8 Å². The summed E-state index contributed by atoms with van der Waals surface area (Å²) in [7, 11) is -4.81. The first kappa shape index (κ1) is 24.1. The Kier molecular flexibility index (Phi) is 6.86. The number of hydrogen-bond donors (Lipinski definition) is 4. The van der Waals surface area contributed by atoms with Crippen molar-refractivity contribution in [2.24, 2.45) is 0 Å². The molecular formula is C18H25N4O9P. The number of ether oxygens (including phenoxy) is 1. The van der Waals surface area contributed by atoms with E-state index in [4.69, 9.17) is 14.5 Å². The maximum atomic E-state index is 12.2. The number of aromatic amines is 1. The fraction of sp³-hybridized carbons (Fsp3) is 0.556. The van der Waals surface area contributed by atoms with Gasteiger partial charge in [-0.2, -0.15) is 0 Å². The molecule has 1 aromatic carbocycles. The predicted molar refractivity (Wildman–Crippen MR) is 115 cm³/mol. The van der Waals surface area contributed by atoms with Gasteiger partial charge in [0.1, 0.15) is 23.7 Å². The molecule has 176 valence electrons. The van der Waals surface area contributed by atoms with Crippen LogP contribution in [0.5, 0.6) is 0 Å². The molecule has 32 heavy (non-hydrogen) atoms. The van der Waals surface area contributed by atoms with Gasteiger partial charge in [-0.15, -0.1) is 0 Å². The van der Waals surface area contributed by atoms with Crippen LogP contribution >= 0.6 is 7.82 Å². The number of hydrogen-bond acceptors (Lipinski definition) is 9. The molecule has 0 amide bonds. The summed E-state index contributed by atoms with van der Waals surface area (Å²) in [4.78, 5) is 70.2. The summed E-state index contributed by atoms with van der Waals surface area (Å²) in [5, 5.41) is 2.95. The van der Waals surface area contributed by atoms with Crippen LogP contribution in [0.3, 0.4) is 0 Å². The molecule has 3 rings (SSSR count). The number of H-pyrrole nitrogens is 1. The van der Waals surface area contributed by atoms with E-state index in [1.807, 2.05) is 13.8 Å². The van der Waals surface area contributed by atoms with Crippen LogP contribution in [0.15, 0.2) is 25.4 Å². The molecule has 0 bridgehead atoms. The third-order valence-electron chi connectivity index (χ3n) is 5.39. The minimum Gasteiger partial charge on any atom is -0.374 e. The van der Waals surface area contributed by atoms with E-state index in [-0.39, 0.29) is 23.4 Å². The van der Waals surface area contributed by atoms with Gasteiger partial charge < -0.3 is 24.7 Å². The van der Waals surface area contributed by atoms with Gasteiger partial charge in [0.15, 0.2) is 0 Å². The monoisotopic (exact) mass is 472 g/mol. The third kappa shape index (κ3) is 4.76. The van der Waals surface area contributed by atoms with E-state index in [1.54, 1.807) is 4.90 Å². The molecule has 1 saturated heterocycles. The summed E-state index contributed by atoms with van der Waals surface area (Å²) < 4.78 is 22.7. The van der Waals surface area contributed by atoms with E-state index >= 15 is 0 Å². The number of phosphoric acid groups is 1. The summed E-state index contributed by atoms with van der Waals surface area (Å²) in [6.07, 6.45) is -0.477. The van der Waals surface area contributed by atoms with Crippen molar-refractivity contribution >= 4 is 19.2 Å². The van der Waals surface area contributed by atoms with Gasteiger partial charge in [0.05, 0.1) is 12.6 Å². The van der Waals surface area contributed by atoms with Gasteiger partial charge in [0.25, 0.3) is 16.4 Å². The fourth-order valence-corrected chi connectivity index (χ4v) is 4.06. The largest absolute Gasteiger partial charge is 0.469 e. The van der Waals surface area contributed by atoms with E-state index < -0.39 is 54.9 Å². The summed E-state index contributed by atoms with van der Waals surface area (Å²) in [6.45, 7) is 5.63. The lowest BCUT2D eigenvalue weighted by molar-refractivity contribution is -0.0259. The normalized spacial score (nSPS) is 21.2. The van der Waals surface area contributed by atoms with Gasteiger partial charge in [0, 0.05) is 31.3 Å². The van der Waals surface area contributed by atoms with Crippen LogP contribution in [-0.4, -0.2) is 51.2 Å². The second-order valence-corrected chi connectivity index (χ2v) is 8.67. The van der Waals surface area contributed by atoms with E-state index in [0.717, 1.165) is 4.57 Å². The van der Waals surface area contributed by atoms with E-state index in [9.17, 15) is 23.7 Å². The van der Waals surface area contributed by atoms with Crippen molar-refractivity contribution in [3.05, 3.63) is 53.0 Å². The molecule has 3 atom stereocenters. The van der Waals surface area contributed by atoms with Crippen LogP contribution in [0.25, 0.3) is 0 Å². The Morgan fingerprint density at radius 3 is 2.50 bits per heavy atom. The Morgan fingerprint density at radius 1 is 1.25 bits per heavy atom. The molecule has 2 aromatic rings. The van der Waals surface area contributed by atoms with Crippen molar-refractivity contribution < 1.29 is 23.6 Å². The Balaban J connectivity index is 1.92. The average molecular weight is 472 g/mol. The maximum Gasteiger partial charge on any atom is 0.469 e. The zero-order chi connectivity index (χ0) is 23.8. The molecule has 13 nitrogen and oxygen atoms in total. The zero-order valence-corrected chi connectivity index (χ0v) is 18.6. The Bertz CT molecular complexity index is 1220. The highest BCUT2D eigenvalue weighted by Gasteiger charge is 2.40. The van der Waals surface area contributed by atoms with Crippen molar-refractivity contribution in [2.45, 2.75) is 45.6 Å². The van der Waals surface area contributed by atoms with Gasteiger partial charge in [-0.3, -0.25) is 28.5 Å². The van der Waals surface area contributed by atoms with Crippen molar-refractivity contribution in [3.63, 3.8) is 0 Å². The highest BCUT2D eigenvalue weighted by Crippen LogP contribution is 2.39. The minimum absolute atomic E-state index is 0.0825. The van der Waals surface area contributed by atoms with Crippen LogP contribution in [0.2, 0.25) is 0 Å². The summed E-state index contributed by atoms with van der Waals surface area (Å²) in [5.74, 6) is 0. The molecule has 2 heterocycles. The van der Waals surface area contributed by atoms with E-state index in [1.165, 1.54) is 13.1 Å². The lowest BCUT2D eigenvalue weighted by atomic mass is 10.1. The van der Waals surface area contributed by atoms with Crippen LogP contribution in [0.1, 0.15) is 32.1 Å². The van der Waals surface area contributed by atoms with Crippen molar-refractivity contribution in [1.29, 1.82) is 0 Å². The lowest BCUT2D eigenvalue weighted by Crippen LogP contribution is -2.45. The highest BCUT2D eigenvalue weighted by molar-refractivity contribution is 7.46. The van der Waals surface area contributed by atoms with Gasteiger partial charge in [-0.1, -0.05) is 0 Å². The molecule has 14 heteroatoms. The topological polar surface area (TPSA) is 180 Å². The number of aryl methyl sites for hydroxylation is 1. The van der Waals surface area contributed by atoms with E-state index in [2.05, 4.69) is 14.8 Å². The SMILES string of the molecule is CCN(CC)c1c(N[C@H]2C[C@H](n3cc(C)c(=O)[nH]c3=O)O[C@@H]2COP(=O)(O)O)c(=O)c1=O. The molecule has 4 N–H and O–H groups in total. The molecule has 1 aliphatic rings. The smallest absolute Gasteiger partial charge is 0.374 e. The molecule has 1 aromatic heterocycles. The Morgan fingerprint density at radius 2 is 1.91 bits per heavy atom. The first-order chi connectivity index (χ1) is 15.0. The standard InChI is InChI=1S/C18H25N4O9P/c1-4-21(5-2)14-13(15(23)16(14)24)19-10-6-12(31-11(10)8-30-32(27,28)29)22-7-9(3)17(25)20-18(22)26/h7,10-12,19H,4-6,8H2,1-3H3,(H,20,25,26)(H2,27,28,29)/t10-,11+,12+/m0/s1. The average Bonchev–Trinajstić information content (AvgIpc) is 3.13. The molecule has 1 aliphatic heterocycles. The second kappa shape index (κ2) is 9.12. The van der Waals surface area contributed by atoms with Gasteiger partial charge >= 0.3 is 13.5 Å². The molecule has 1 fully saturated rings. The first-order valence-corrected chi connectivity index (χ1v) is 11.5. The van der Waals surface area contributed by atoms with Crippen LogP contribution in [0, 0.1) is 6.92 Å². The maximum absolute atomic E-state index is 12.2. The quantitative estimate of drug-likeness (QED) is 0.264. The first-order valence-electron chi connectivity index (χ1n) is 9.99. The number of aromatic nitrogens is 2. The second-order valence-electron chi connectivity index (χ2n) is 7.43. The highest BCUT2D eigenvalue weighted by atomic mass is 31.2. The predicted octanol–water partition coefficient (Wildman–Crippen LogP) is -0.835. The summed E-state index contributed by atoms with van der Waals surface area (Å²) in [5.41, 5.74) is -2.02. The number of anilines is 2. The summed E-state index contributed by atoms with van der Waals surface area (Å²) >= 11 is 0. The summed E-state index contributed by atoms with van der Waals surface area (Å²) in [6, 6.07) is -0.719. The Labute approximate surface area is 181 Å². The van der Waals surface area contributed by atoms with Crippen molar-refractivity contribution in [2.75, 3.05) is 29.9 Å². The molecule has 0 radical (unpaired) electrons. The molecule has 0 unspecified atom stereocenters. The molecule has 0 spiro atoms. The molecule has 0 aliphatic carbocycles. The Hall–Kier alpha value is -2.57. The van der Waals surface area contributed by atoms with Crippen LogP contribution in [0.4, 0.5) is 11.4 Å². The lowest BCUT2D eigenvalue weighted by Gasteiger charge is -2.27. The minimum atomic E-state index is -4.81. The third-order valence-corrected chi connectivity index (χ3v) is 5.88. The van der Waals surface area contributed by atoms with Gasteiger partial charge in [-0.05, 0) is 20.8 Å². The van der Waals surface area contributed by atoms with Crippen molar-refractivity contribution in [3.8, 4) is 0 Å². The number of rotatable bonds is 9. The van der Waals surface area contributed by atoms with Gasteiger partial charge in [0.2, 0.25) is 0 Å². The van der Waals surface area contributed by atoms with Gasteiger partial charge in [-0.25, -0.2) is 9.36 Å². The molecule has 0 saturated carbocycles. The number of nitrogens with zero attached hydrogens (tertiary/aromatic N) is 2. The number of nitrogens with one attached hydrogen (secondary N) is 2. The zero-order valence-electron chi connectivity index (χ0n) is 17.7. The van der Waals surface area contributed by atoms with Crippen molar-refractivity contribution in [1.82, 2.24) is 9.55 Å². The van der Waals surface area contributed by atoms with E-state index in [0.29, 0.717) is 13.1 Å². The molecular weight excluding hydrogens is 447 g/mol. The number of phosphoric ester groups is 1. The fourth-order valence-electron chi connectivity index (χ4n) is 3.72.